The van der Waals surface area contributed by atoms with Crippen LogP contribution in [0, 0.1) is 12.8 Å². The van der Waals surface area contributed by atoms with Gasteiger partial charge in [0.1, 0.15) is 17.1 Å². The number of rotatable bonds is 7. The molecule has 2 aromatic carbocycles. The van der Waals surface area contributed by atoms with Crippen LogP contribution in [-0.4, -0.2) is 32.7 Å². The van der Waals surface area contributed by atoms with Crippen LogP contribution in [0.1, 0.15) is 63.6 Å². The first-order chi connectivity index (χ1) is 16.8. The smallest absolute Gasteiger partial charge is 0.306 e. The van der Waals surface area contributed by atoms with E-state index in [0.717, 1.165) is 11.1 Å². The van der Waals surface area contributed by atoms with Crippen LogP contribution in [0.2, 0.25) is 0 Å². The van der Waals surface area contributed by atoms with Crippen molar-refractivity contribution in [3.05, 3.63) is 70.8 Å². The standard InChI is InChI=1S/C26H29N5O4/c1-15-4-2-3-5-20(15)25(33)29-14-16-6-8-17(9-7-16)22-21(24(28)32)23(27)31(30-22)19-12-10-18(11-13-19)26(34)35/h2-9,18-19H,10-14,27H2,1H3,(H2,28,32)(H,29,33)(H,34,35). The Labute approximate surface area is 203 Å². The van der Waals surface area contributed by atoms with E-state index in [1.165, 1.54) is 0 Å². The number of nitrogen functional groups attached to an aromatic ring is 1. The molecule has 1 fully saturated rings. The fourth-order valence-electron chi connectivity index (χ4n) is 4.62. The zero-order chi connectivity index (χ0) is 25.1. The molecule has 0 bridgehead atoms. The number of anilines is 1. The minimum absolute atomic E-state index is 0.0895. The lowest BCUT2D eigenvalue weighted by Crippen LogP contribution is -2.25. The van der Waals surface area contributed by atoms with Crippen molar-refractivity contribution in [2.75, 3.05) is 5.73 Å². The number of nitrogens with zero attached hydrogens (tertiary/aromatic N) is 2. The molecule has 9 nitrogen and oxygen atoms in total. The molecule has 9 heteroatoms. The Kier molecular flexibility index (Phi) is 6.86. The molecule has 0 atom stereocenters. The molecule has 1 heterocycles. The van der Waals surface area contributed by atoms with Crippen molar-refractivity contribution in [3.8, 4) is 11.3 Å². The molecule has 2 amide bonds. The largest absolute Gasteiger partial charge is 0.481 e. The van der Waals surface area contributed by atoms with Crippen molar-refractivity contribution < 1.29 is 19.5 Å². The molecule has 1 aliphatic rings. The first-order valence-electron chi connectivity index (χ1n) is 11.6. The summed E-state index contributed by atoms with van der Waals surface area (Å²) in [6.45, 7) is 2.24. The third-order valence-electron chi connectivity index (χ3n) is 6.66. The zero-order valence-corrected chi connectivity index (χ0v) is 19.5. The third kappa shape index (κ3) is 5.03. The lowest BCUT2D eigenvalue weighted by Gasteiger charge is -2.26. The van der Waals surface area contributed by atoms with Crippen LogP contribution in [0.25, 0.3) is 11.3 Å². The minimum atomic E-state index is -0.786. The van der Waals surface area contributed by atoms with Crippen LogP contribution in [0.15, 0.2) is 48.5 Å². The highest BCUT2D eigenvalue weighted by Crippen LogP contribution is 2.36. The van der Waals surface area contributed by atoms with Crippen molar-refractivity contribution in [3.63, 3.8) is 0 Å². The van der Waals surface area contributed by atoms with Crippen molar-refractivity contribution in [2.45, 2.75) is 45.2 Å². The summed E-state index contributed by atoms with van der Waals surface area (Å²) in [5.41, 5.74) is 15.6. The topological polar surface area (TPSA) is 153 Å². The summed E-state index contributed by atoms with van der Waals surface area (Å²) in [5, 5.41) is 16.8. The molecule has 1 aromatic heterocycles. The Morgan fingerprint density at radius 2 is 1.71 bits per heavy atom. The highest BCUT2D eigenvalue weighted by molar-refractivity contribution is 6.03. The van der Waals surface area contributed by atoms with E-state index in [-0.39, 0.29) is 29.2 Å². The Bertz CT molecular complexity index is 1260. The first-order valence-corrected chi connectivity index (χ1v) is 11.6. The normalized spacial score (nSPS) is 17.6. The van der Waals surface area contributed by atoms with Crippen LogP contribution in [-0.2, 0) is 11.3 Å². The number of nitrogens with two attached hydrogens (primary N) is 2. The van der Waals surface area contributed by atoms with E-state index in [4.69, 9.17) is 11.5 Å². The van der Waals surface area contributed by atoms with Gasteiger partial charge in [0.2, 0.25) is 0 Å². The Hall–Kier alpha value is -4.14. The van der Waals surface area contributed by atoms with Gasteiger partial charge in [-0.15, -0.1) is 0 Å². The van der Waals surface area contributed by atoms with Crippen molar-refractivity contribution in [2.24, 2.45) is 11.7 Å². The first kappa shape index (κ1) is 24.0. The number of carboxylic acids is 1. The van der Waals surface area contributed by atoms with E-state index in [1.807, 2.05) is 49.4 Å². The molecule has 3 aromatic rings. The molecule has 35 heavy (non-hydrogen) atoms. The maximum absolute atomic E-state index is 12.5. The van der Waals surface area contributed by atoms with Gasteiger partial charge in [-0.3, -0.25) is 14.4 Å². The van der Waals surface area contributed by atoms with Gasteiger partial charge in [0, 0.05) is 17.7 Å². The van der Waals surface area contributed by atoms with E-state index >= 15 is 0 Å². The fourth-order valence-corrected chi connectivity index (χ4v) is 4.62. The number of carboxylic acid groups (broad SMARTS) is 1. The van der Waals surface area contributed by atoms with Crippen molar-refractivity contribution >= 4 is 23.6 Å². The number of carbonyl (C=O) groups excluding carboxylic acids is 2. The summed E-state index contributed by atoms with van der Waals surface area (Å²) < 4.78 is 1.61. The SMILES string of the molecule is Cc1ccccc1C(=O)NCc1ccc(-c2nn(C3CCC(C(=O)O)CC3)c(N)c2C(N)=O)cc1. The highest BCUT2D eigenvalue weighted by Gasteiger charge is 2.31. The molecular weight excluding hydrogens is 446 g/mol. The van der Waals surface area contributed by atoms with Crippen LogP contribution in [0.4, 0.5) is 5.82 Å². The van der Waals surface area contributed by atoms with E-state index in [1.54, 1.807) is 10.7 Å². The molecule has 0 radical (unpaired) electrons. The lowest BCUT2D eigenvalue weighted by atomic mass is 9.86. The lowest BCUT2D eigenvalue weighted by molar-refractivity contribution is -0.143. The van der Waals surface area contributed by atoms with E-state index < -0.39 is 11.9 Å². The number of amides is 2. The molecule has 6 N–H and O–H groups in total. The quantitative estimate of drug-likeness (QED) is 0.411. The molecule has 1 saturated carbocycles. The number of aromatic nitrogens is 2. The molecule has 182 valence electrons. The number of hydrogen-bond acceptors (Lipinski definition) is 5. The Balaban J connectivity index is 1.51. The Morgan fingerprint density at radius 1 is 1.06 bits per heavy atom. The summed E-state index contributed by atoms with van der Waals surface area (Å²) in [6, 6.07) is 14.6. The molecule has 0 unspecified atom stereocenters. The van der Waals surface area contributed by atoms with Crippen LogP contribution >= 0.6 is 0 Å². The fraction of sp³-hybridized carbons (Fsp3) is 0.308. The van der Waals surface area contributed by atoms with E-state index in [9.17, 15) is 19.5 Å². The maximum Gasteiger partial charge on any atom is 0.306 e. The van der Waals surface area contributed by atoms with Crippen LogP contribution in [0.5, 0.6) is 0 Å². The van der Waals surface area contributed by atoms with Gasteiger partial charge in [0.15, 0.2) is 0 Å². The van der Waals surface area contributed by atoms with Crippen molar-refractivity contribution in [1.82, 2.24) is 15.1 Å². The van der Waals surface area contributed by atoms with Gasteiger partial charge in [-0.1, -0.05) is 42.5 Å². The predicted octanol–water partition coefficient (Wildman–Crippen LogP) is 3.29. The second kappa shape index (κ2) is 10.0. The molecule has 1 aliphatic carbocycles. The second-order valence-corrected chi connectivity index (χ2v) is 8.96. The van der Waals surface area contributed by atoms with Gasteiger partial charge in [-0.2, -0.15) is 5.10 Å². The summed E-state index contributed by atoms with van der Waals surface area (Å²) in [5.74, 6) is -1.77. The van der Waals surface area contributed by atoms with E-state index in [2.05, 4.69) is 10.4 Å². The van der Waals surface area contributed by atoms with Crippen LogP contribution in [0.3, 0.4) is 0 Å². The summed E-state index contributed by atoms with van der Waals surface area (Å²) in [7, 11) is 0. The molecule has 0 aliphatic heterocycles. The number of primary amides is 1. The number of nitrogens with one attached hydrogen (secondary N) is 1. The number of hydrogen-bond donors (Lipinski definition) is 4. The molecule has 0 spiro atoms. The second-order valence-electron chi connectivity index (χ2n) is 8.96. The predicted molar refractivity (Wildman–Crippen MR) is 132 cm³/mol. The maximum atomic E-state index is 12.5. The van der Waals surface area contributed by atoms with Crippen molar-refractivity contribution in [1.29, 1.82) is 0 Å². The Morgan fingerprint density at radius 3 is 2.31 bits per heavy atom. The molecular formula is C26H29N5O4. The summed E-state index contributed by atoms with van der Waals surface area (Å²) in [4.78, 5) is 36.0. The number of aryl methyl sites for hydroxylation is 1. The van der Waals surface area contributed by atoms with Gasteiger partial charge in [0.25, 0.3) is 11.8 Å². The summed E-state index contributed by atoms with van der Waals surface area (Å²) >= 11 is 0. The highest BCUT2D eigenvalue weighted by atomic mass is 16.4. The van der Waals surface area contributed by atoms with Gasteiger partial charge in [-0.05, 0) is 49.8 Å². The summed E-state index contributed by atoms with van der Waals surface area (Å²) in [6.07, 6.45) is 2.28. The van der Waals surface area contributed by atoms with Gasteiger partial charge in [-0.25, -0.2) is 4.68 Å². The average Bonchev–Trinajstić information content (AvgIpc) is 3.20. The molecule has 4 rings (SSSR count). The molecule has 0 saturated heterocycles. The van der Waals surface area contributed by atoms with Gasteiger partial charge >= 0.3 is 5.97 Å². The zero-order valence-electron chi connectivity index (χ0n) is 19.5. The number of benzene rings is 2. The number of carbonyl (C=O) groups is 3. The average molecular weight is 476 g/mol. The van der Waals surface area contributed by atoms with E-state index in [0.29, 0.717) is 49.0 Å². The third-order valence-corrected chi connectivity index (χ3v) is 6.66. The minimum Gasteiger partial charge on any atom is -0.481 e. The van der Waals surface area contributed by atoms with Gasteiger partial charge in [0.05, 0.1) is 12.0 Å². The monoisotopic (exact) mass is 475 g/mol. The van der Waals surface area contributed by atoms with Crippen LogP contribution < -0.4 is 16.8 Å². The van der Waals surface area contributed by atoms with Gasteiger partial charge < -0.3 is 21.9 Å². The number of aliphatic carboxylic acids is 1.